The molecule has 1 aliphatic heterocycles. The van der Waals surface area contributed by atoms with Crippen molar-refractivity contribution in [2.45, 2.75) is 32.0 Å². The summed E-state index contributed by atoms with van der Waals surface area (Å²) in [5, 5.41) is 0. The molecule has 0 saturated carbocycles. The Morgan fingerprint density at radius 2 is 1.52 bits per heavy atom. The van der Waals surface area contributed by atoms with Gasteiger partial charge in [0.2, 0.25) is 0 Å². The van der Waals surface area contributed by atoms with Gasteiger partial charge in [-0.25, -0.2) is 0 Å². The van der Waals surface area contributed by atoms with Gasteiger partial charge in [-0.3, -0.25) is 4.79 Å². The minimum absolute atomic E-state index is 0.0850. The van der Waals surface area contributed by atoms with Crippen molar-refractivity contribution in [3.63, 3.8) is 0 Å². The van der Waals surface area contributed by atoms with Crippen molar-refractivity contribution in [1.29, 1.82) is 0 Å². The number of nitrogens with zero attached hydrogens (tertiary/aromatic N) is 1. The second-order valence-electron chi connectivity index (χ2n) is 7.20. The number of carbonyl (C=O) groups excluding carboxylic acids is 1. The first-order valence-electron chi connectivity index (χ1n) is 9.82. The van der Waals surface area contributed by atoms with Crippen LogP contribution in [0.5, 0.6) is 0 Å². The van der Waals surface area contributed by atoms with Gasteiger partial charge in [0.15, 0.2) is 0 Å². The quantitative estimate of drug-likeness (QED) is 0.543. The minimum atomic E-state index is -1.21. The predicted octanol–water partition coefficient (Wildman–Crippen LogP) is 4.20. The van der Waals surface area contributed by atoms with E-state index in [1.165, 1.54) is 0 Å². The Labute approximate surface area is 162 Å². The van der Waals surface area contributed by atoms with E-state index in [0.717, 1.165) is 43.5 Å². The molecule has 0 aromatic heterocycles. The number of esters is 1. The maximum Gasteiger partial charge on any atom is 0.312 e. The molecule has 144 valence electrons. The maximum absolute atomic E-state index is 13.1. The summed E-state index contributed by atoms with van der Waals surface area (Å²) < 4.78 is 12.5. The topological polar surface area (TPSA) is 38.8 Å². The molecular formula is C23H29NO3. The van der Waals surface area contributed by atoms with Crippen LogP contribution in [0.25, 0.3) is 0 Å². The average Bonchev–Trinajstić information content (AvgIpc) is 2.73. The SMILES string of the molecule is CCCOC(OC(=O)C1CCN(C)CC1)(c1ccccc1)c1ccccc1. The van der Waals surface area contributed by atoms with Crippen molar-refractivity contribution in [2.75, 3.05) is 26.7 Å². The predicted molar refractivity (Wildman–Crippen MR) is 106 cm³/mol. The minimum Gasteiger partial charge on any atom is -0.424 e. The van der Waals surface area contributed by atoms with Gasteiger partial charge < -0.3 is 14.4 Å². The van der Waals surface area contributed by atoms with Gasteiger partial charge in [0.05, 0.1) is 12.5 Å². The lowest BCUT2D eigenvalue weighted by atomic mass is 9.94. The molecule has 4 heteroatoms. The molecule has 1 fully saturated rings. The third-order valence-corrected chi connectivity index (χ3v) is 5.11. The van der Waals surface area contributed by atoms with E-state index < -0.39 is 5.79 Å². The fraction of sp³-hybridized carbons (Fsp3) is 0.435. The van der Waals surface area contributed by atoms with Crippen molar-refractivity contribution < 1.29 is 14.3 Å². The molecular weight excluding hydrogens is 338 g/mol. The summed E-state index contributed by atoms with van der Waals surface area (Å²) in [7, 11) is 2.09. The van der Waals surface area contributed by atoms with E-state index in [2.05, 4.69) is 18.9 Å². The second-order valence-corrected chi connectivity index (χ2v) is 7.20. The van der Waals surface area contributed by atoms with Crippen LogP contribution in [0, 0.1) is 5.92 Å². The average molecular weight is 367 g/mol. The highest BCUT2D eigenvalue weighted by Crippen LogP contribution is 2.37. The standard InChI is InChI=1S/C23H29NO3/c1-3-18-26-23(20-10-6-4-7-11-20,21-12-8-5-9-13-21)27-22(25)19-14-16-24(2)17-15-19/h4-13,19H,3,14-18H2,1-2H3. The number of piperidine rings is 1. The van der Waals surface area contributed by atoms with Crippen molar-refractivity contribution >= 4 is 5.97 Å². The summed E-state index contributed by atoms with van der Waals surface area (Å²) in [5.41, 5.74) is 1.68. The zero-order valence-corrected chi connectivity index (χ0v) is 16.3. The smallest absolute Gasteiger partial charge is 0.312 e. The van der Waals surface area contributed by atoms with Crippen molar-refractivity contribution in [2.24, 2.45) is 5.92 Å². The number of benzene rings is 2. The number of rotatable bonds is 7. The summed E-state index contributed by atoms with van der Waals surface area (Å²) in [4.78, 5) is 15.4. The molecule has 0 atom stereocenters. The molecule has 0 spiro atoms. The molecule has 1 aliphatic rings. The highest BCUT2D eigenvalue weighted by Gasteiger charge is 2.41. The summed E-state index contributed by atoms with van der Waals surface area (Å²) in [6.45, 7) is 4.39. The van der Waals surface area contributed by atoms with Crippen LogP contribution in [-0.2, 0) is 20.1 Å². The normalized spacial score (nSPS) is 16.2. The Balaban J connectivity index is 1.96. The van der Waals surface area contributed by atoms with Crippen molar-refractivity contribution in [1.82, 2.24) is 4.90 Å². The third-order valence-electron chi connectivity index (χ3n) is 5.11. The number of likely N-dealkylation sites (tertiary alicyclic amines) is 1. The summed E-state index contributed by atoms with van der Waals surface area (Å²) >= 11 is 0. The van der Waals surface area contributed by atoms with Crippen LogP contribution < -0.4 is 0 Å². The molecule has 2 aromatic rings. The zero-order chi connectivity index (χ0) is 19.1. The van der Waals surface area contributed by atoms with Gasteiger partial charge in [-0.05, 0) is 39.4 Å². The Hall–Kier alpha value is -2.17. The molecule has 1 saturated heterocycles. The van der Waals surface area contributed by atoms with Gasteiger partial charge in [0.25, 0.3) is 5.79 Å². The van der Waals surface area contributed by atoms with Gasteiger partial charge in [-0.2, -0.15) is 0 Å². The van der Waals surface area contributed by atoms with Crippen LogP contribution in [-0.4, -0.2) is 37.6 Å². The maximum atomic E-state index is 13.1. The Kier molecular flexibility index (Phi) is 6.64. The first kappa shape index (κ1) is 19.6. The second kappa shape index (κ2) is 9.16. The van der Waals surface area contributed by atoms with E-state index in [0.29, 0.717) is 6.61 Å². The van der Waals surface area contributed by atoms with Crippen LogP contribution in [0.3, 0.4) is 0 Å². The number of hydrogen-bond donors (Lipinski definition) is 0. The molecule has 0 N–H and O–H groups in total. The summed E-state index contributed by atoms with van der Waals surface area (Å²) in [6, 6.07) is 19.6. The van der Waals surface area contributed by atoms with Crippen LogP contribution in [0.1, 0.15) is 37.3 Å². The van der Waals surface area contributed by atoms with E-state index in [1.807, 2.05) is 60.7 Å². The van der Waals surface area contributed by atoms with Crippen molar-refractivity contribution in [3.8, 4) is 0 Å². The van der Waals surface area contributed by atoms with Crippen LogP contribution >= 0.6 is 0 Å². The van der Waals surface area contributed by atoms with Gasteiger partial charge in [-0.1, -0.05) is 67.6 Å². The summed E-state index contributed by atoms with van der Waals surface area (Å²) in [5.74, 6) is -1.47. The van der Waals surface area contributed by atoms with Gasteiger partial charge in [0, 0.05) is 11.1 Å². The molecule has 0 radical (unpaired) electrons. The lowest BCUT2D eigenvalue weighted by Gasteiger charge is -2.36. The molecule has 0 unspecified atom stereocenters. The molecule has 2 aromatic carbocycles. The lowest BCUT2D eigenvalue weighted by Crippen LogP contribution is -2.41. The molecule has 1 heterocycles. The van der Waals surface area contributed by atoms with Crippen LogP contribution in [0.2, 0.25) is 0 Å². The molecule has 0 aliphatic carbocycles. The highest BCUT2D eigenvalue weighted by atomic mass is 16.7. The molecule has 0 bridgehead atoms. The highest BCUT2D eigenvalue weighted by molar-refractivity contribution is 5.73. The van der Waals surface area contributed by atoms with Crippen molar-refractivity contribution in [3.05, 3.63) is 71.8 Å². The molecule has 0 amide bonds. The molecule has 27 heavy (non-hydrogen) atoms. The monoisotopic (exact) mass is 367 g/mol. The fourth-order valence-corrected chi connectivity index (χ4v) is 3.51. The fourth-order valence-electron chi connectivity index (χ4n) is 3.51. The Morgan fingerprint density at radius 3 is 2.00 bits per heavy atom. The van der Waals surface area contributed by atoms with Gasteiger partial charge in [0.1, 0.15) is 0 Å². The largest absolute Gasteiger partial charge is 0.424 e. The summed E-state index contributed by atoms with van der Waals surface area (Å²) in [6.07, 6.45) is 2.48. The molecule has 4 nitrogen and oxygen atoms in total. The van der Waals surface area contributed by atoms with Gasteiger partial charge >= 0.3 is 5.97 Å². The first-order valence-corrected chi connectivity index (χ1v) is 9.82. The first-order chi connectivity index (χ1) is 13.2. The number of ether oxygens (including phenoxy) is 2. The van der Waals surface area contributed by atoms with E-state index in [-0.39, 0.29) is 11.9 Å². The van der Waals surface area contributed by atoms with E-state index >= 15 is 0 Å². The van der Waals surface area contributed by atoms with Gasteiger partial charge in [-0.15, -0.1) is 0 Å². The zero-order valence-electron chi connectivity index (χ0n) is 16.3. The third kappa shape index (κ3) is 4.57. The lowest BCUT2D eigenvalue weighted by molar-refractivity contribution is -0.223. The number of carbonyl (C=O) groups is 1. The molecule has 3 rings (SSSR count). The Bertz CT molecular complexity index is 669. The van der Waals surface area contributed by atoms with E-state index in [4.69, 9.17) is 9.47 Å². The Morgan fingerprint density at radius 1 is 1.00 bits per heavy atom. The van der Waals surface area contributed by atoms with Crippen LogP contribution in [0.4, 0.5) is 0 Å². The van der Waals surface area contributed by atoms with Crippen LogP contribution in [0.15, 0.2) is 60.7 Å². The van der Waals surface area contributed by atoms with E-state index in [1.54, 1.807) is 0 Å². The van der Waals surface area contributed by atoms with E-state index in [9.17, 15) is 4.79 Å². The number of hydrogen-bond acceptors (Lipinski definition) is 4.